The van der Waals surface area contributed by atoms with Gasteiger partial charge in [0.1, 0.15) is 5.60 Å². The molecule has 0 aliphatic carbocycles. The Morgan fingerprint density at radius 3 is 2.53 bits per heavy atom. The minimum Gasteiger partial charge on any atom is -0.444 e. The molecule has 32 heavy (non-hydrogen) atoms. The van der Waals surface area contributed by atoms with Crippen LogP contribution in [0.15, 0.2) is 24.3 Å². The van der Waals surface area contributed by atoms with Gasteiger partial charge in [0.15, 0.2) is 0 Å². The van der Waals surface area contributed by atoms with E-state index in [1.54, 1.807) is 20.8 Å². The fourth-order valence-electron chi connectivity index (χ4n) is 3.12. The van der Waals surface area contributed by atoms with E-state index in [1.165, 1.54) is 17.0 Å². The number of hydrogen-bond acceptors (Lipinski definition) is 6. The zero-order chi connectivity index (χ0) is 23.9. The summed E-state index contributed by atoms with van der Waals surface area (Å²) in [4.78, 5) is 31.2. The van der Waals surface area contributed by atoms with E-state index in [2.05, 4.69) is 10.8 Å². The van der Waals surface area contributed by atoms with Gasteiger partial charge in [0.25, 0.3) is 0 Å². The van der Waals surface area contributed by atoms with Crippen LogP contribution in [-0.4, -0.2) is 60.9 Å². The van der Waals surface area contributed by atoms with Crippen molar-refractivity contribution in [2.75, 3.05) is 26.2 Å². The molecule has 8 nitrogen and oxygen atoms in total. The molecular weight excluding hydrogens is 431 g/mol. The van der Waals surface area contributed by atoms with Crippen LogP contribution in [0.5, 0.6) is 0 Å². The number of benzene rings is 1. The van der Waals surface area contributed by atoms with E-state index in [0.29, 0.717) is 12.2 Å². The molecule has 2 rings (SSSR count). The summed E-state index contributed by atoms with van der Waals surface area (Å²) in [5.74, 6) is -0.408. The molecule has 180 valence electrons. The van der Waals surface area contributed by atoms with Crippen LogP contribution in [-0.2, 0) is 31.9 Å². The first kappa shape index (κ1) is 25.9. The van der Waals surface area contributed by atoms with Gasteiger partial charge in [-0.2, -0.15) is 18.7 Å². The number of hydrogen-bond donors (Lipinski definition) is 2. The summed E-state index contributed by atoms with van der Waals surface area (Å²) in [7, 11) is 0. The predicted octanol–water partition coefficient (Wildman–Crippen LogP) is 2.87. The molecule has 0 saturated carbocycles. The average molecular weight is 461 g/mol. The predicted molar refractivity (Wildman–Crippen MR) is 109 cm³/mol. The third-order valence-corrected chi connectivity index (χ3v) is 4.47. The molecule has 1 aromatic rings. The second kappa shape index (κ2) is 11.0. The van der Waals surface area contributed by atoms with E-state index in [1.807, 2.05) is 6.92 Å². The van der Waals surface area contributed by atoms with Gasteiger partial charge in [0, 0.05) is 13.2 Å². The number of rotatable bonds is 8. The topological polar surface area (TPSA) is 89.1 Å². The van der Waals surface area contributed by atoms with E-state index in [4.69, 9.17) is 14.3 Å². The number of nitrogens with zero attached hydrogens (tertiary/aromatic N) is 1. The van der Waals surface area contributed by atoms with E-state index in [0.717, 1.165) is 12.1 Å². The number of nitrogens with one attached hydrogen (secondary N) is 2. The van der Waals surface area contributed by atoms with Gasteiger partial charge >= 0.3 is 12.3 Å². The van der Waals surface area contributed by atoms with Crippen LogP contribution >= 0.6 is 0 Å². The molecule has 1 aliphatic heterocycles. The molecule has 1 saturated heterocycles. The van der Waals surface area contributed by atoms with Gasteiger partial charge in [-0.05, 0) is 45.4 Å². The van der Waals surface area contributed by atoms with Crippen molar-refractivity contribution in [1.29, 1.82) is 0 Å². The highest BCUT2D eigenvalue weighted by Gasteiger charge is 2.38. The lowest BCUT2D eigenvalue weighted by Gasteiger charge is -2.24. The number of ether oxygens (including phenoxy) is 2. The molecule has 0 bridgehead atoms. The number of hydroxylamine groups is 1. The normalized spacial score (nSPS) is 19.2. The number of carbonyl (C=O) groups excluding carboxylic acids is 2. The highest BCUT2D eigenvalue weighted by atomic mass is 19.4. The third kappa shape index (κ3) is 8.29. The number of carbonyl (C=O) groups is 2. The van der Waals surface area contributed by atoms with Crippen molar-refractivity contribution in [3.8, 4) is 0 Å². The highest BCUT2D eigenvalue weighted by Crippen LogP contribution is 2.29. The monoisotopic (exact) mass is 461 g/mol. The smallest absolute Gasteiger partial charge is 0.416 e. The Morgan fingerprint density at radius 2 is 1.91 bits per heavy atom. The maximum Gasteiger partial charge on any atom is 0.416 e. The van der Waals surface area contributed by atoms with Crippen molar-refractivity contribution < 1.29 is 37.1 Å². The number of alkyl halides is 3. The van der Waals surface area contributed by atoms with Gasteiger partial charge in [-0.15, -0.1) is 0 Å². The summed E-state index contributed by atoms with van der Waals surface area (Å²) in [6.45, 7) is 7.69. The maximum absolute atomic E-state index is 12.7. The maximum atomic E-state index is 12.7. The molecule has 2 atom stereocenters. The Hall–Kier alpha value is -2.37. The minimum absolute atomic E-state index is 0.144. The van der Waals surface area contributed by atoms with Crippen molar-refractivity contribution in [1.82, 2.24) is 15.7 Å². The SMILES string of the molecule is CCO[C@H]1CN(C(=O)OC(C)(C)C)C[C@@H]1NC(=O)CNOCc1cccc(C(F)(F)F)c1. The van der Waals surface area contributed by atoms with Crippen molar-refractivity contribution in [2.45, 2.75) is 58.2 Å². The van der Waals surface area contributed by atoms with Crippen molar-refractivity contribution in [2.24, 2.45) is 0 Å². The number of amides is 2. The fraction of sp³-hybridized carbons (Fsp3) is 0.619. The quantitative estimate of drug-likeness (QED) is 0.457. The molecule has 11 heteroatoms. The molecule has 1 aliphatic rings. The van der Waals surface area contributed by atoms with Crippen molar-refractivity contribution in [3.05, 3.63) is 35.4 Å². The van der Waals surface area contributed by atoms with E-state index in [-0.39, 0.29) is 32.3 Å². The molecule has 0 spiro atoms. The highest BCUT2D eigenvalue weighted by molar-refractivity contribution is 5.78. The minimum atomic E-state index is -4.44. The average Bonchev–Trinajstić information content (AvgIpc) is 3.06. The number of halogens is 3. The van der Waals surface area contributed by atoms with Crippen LogP contribution in [0.25, 0.3) is 0 Å². The fourth-order valence-corrected chi connectivity index (χ4v) is 3.12. The lowest BCUT2D eigenvalue weighted by molar-refractivity contribution is -0.137. The Kier molecular flexibility index (Phi) is 8.88. The van der Waals surface area contributed by atoms with Crippen molar-refractivity contribution >= 4 is 12.0 Å². The van der Waals surface area contributed by atoms with Gasteiger partial charge in [0.05, 0.1) is 37.4 Å². The second-order valence-corrected chi connectivity index (χ2v) is 8.36. The van der Waals surface area contributed by atoms with Gasteiger partial charge in [-0.3, -0.25) is 9.63 Å². The molecule has 1 heterocycles. The lowest BCUT2D eigenvalue weighted by Crippen LogP contribution is -2.47. The molecule has 2 amide bonds. The van der Waals surface area contributed by atoms with Crippen LogP contribution in [0.3, 0.4) is 0 Å². The Morgan fingerprint density at radius 1 is 1.19 bits per heavy atom. The van der Waals surface area contributed by atoms with E-state index in [9.17, 15) is 22.8 Å². The molecule has 0 radical (unpaired) electrons. The Bertz CT molecular complexity index is 783. The lowest BCUT2D eigenvalue weighted by atomic mass is 10.1. The third-order valence-electron chi connectivity index (χ3n) is 4.47. The first-order valence-electron chi connectivity index (χ1n) is 10.3. The van der Waals surface area contributed by atoms with Gasteiger partial charge in [-0.25, -0.2) is 4.79 Å². The molecule has 0 aromatic heterocycles. The molecule has 1 aromatic carbocycles. The van der Waals surface area contributed by atoms with Crippen LogP contribution in [0.1, 0.15) is 38.8 Å². The summed E-state index contributed by atoms with van der Waals surface area (Å²) in [5, 5.41) is 2.78. The Balaban J connectivity index is 1.80. The van der Waals surface area contributed by atoms with Gasteiger partial charge < -0.3 is 19.7 Å². The van der Waals surface area contributed by atoms with Crippen molar-refractivity contribution in [3.63, 3.8) is 0 Å². The van der Waals surface area contributed by atoms with Gasteiger partial charge in [-0.1, -0.05) is 12.1 Å². The number of likely N-dealkylation sites (tertiary alicyclic amines) is 1. The summed E-state index contributed by atoms with van der Waals surface area (Å²) in [5.41, 5.74) is 1.34. The summed E-state index contributed by atoms with van der Waals surface area (Å²) >= 11 is 0. The zero-order valence-electron chi connectivity index (χ0n) is 18.6. The summed E-state index contributed by atoms with van der Waals surface area (Å²) in [6.07, 6.45) is -5.31. The molecule has 0 unspecified atom stereocenters. The zero-order valence-corrected chi connectivity index (χ0v) is 18.6. The summed E-state index contributed by atoms with van der Waals surface area (Å²) < 4.78 is 49.3. The second-order valence-electron chi connectivity index (χ2n) is 8.36. The Labute approximate surface area is 185 Å². The summed E-state index contributed by atoms with van der Waals surface area (Å²) in [6, 6.07) is 4.31. The standard InChI is InChI=1S/C21H30F3N3O5/c1-5-30-17-12-27(19(29)32-20(2,3)4)11-16(17)26-18(28)10-25-31-13-14-7-6-8-15(9-14)21(22,23)24/h6-9,16-17,25H,5,10-13H2,1-4H3,(H,26,28)/t16-,17-/m0/s1. The van der Waals surface area contributed by atoms with E-state index < -0.39 is 35.4 Å². The van der Waals surface area contributed by atoms with Crippen LogP contribution < -0.4 is 10.8 Å². The van der Waals surface area contributed by atoms with Gasteiger partial charge in [0.2, 0.25) is 5.91 Å². The molecule has 2 N–H and O–H groups in total. The van der Waals surface area contributed by atoms with Crippen LogP contribution in [0.2, 0.25) is 0 Å². The largest absolute Gasteiger partial charge is 0.444 e. The molecular formula is C21H30F3N3O5. The van der Waals surface area contributed by atoms with E-state index >= 15 is 0 Å². The molecule has 1 fully saturated rings. The van der Waals surface area contributed by atoms with Crippen LogP contribution in [0.4, 0.5) is 18.0 Å². The van der Waals surface area contributed by atoms with Crippen LogP contribution in [0, 0.1) is 0 Å². The first-order chi connectivity index (χ1) is 14.9. The first-order valence-corrected chi connectivity index (χ1v) is 10.3.